The molecule has 1 unspecified atom stereocenters. The summed E-state index contributed by atoms with van der Waals surface area (Å²) in [5.74, 6) is 0.366. The van der Waals surface area contributed by atoms with Crippen LogP contribution in [-0.4, -0.2) is 19.3 Å². The molecule has 0 aromatic heterocycles. The van der Waals surface area contributed by atoms with E-state index in [0.717, 1.165) is 24.2 Å². The first kappa shape index (κ1) is 9.98. The number of fused-ring (bicyclic) bond motifs is 1. The van der Waals surface area contributed by atoms with Gasteiger partial charge >= 0.3 is 0 Å². The van der Waals surface area contributed by atoms with E-state index in [0.29, 0.717) is 5.56 Å². The smallest absolute Gasteiger partial charge is 0.248 e. The van der Waals surface area contributed by atoms with E-state index in [9.17, 15) is 4.79 Å². The van der Waals surface area contributed by atoms with Crippen molar-refractivity contribution < 1.29 is 14.3 Å². The van der Waals surface area contributed by atoms with Crippen LogP contribution in [0.2, 0.25) is 0 Å². The van der Waals surface area contributed by atoms with Crippen molar-refractivity contribution in [3.05, 3.63) is 29.3 Å². The molecule has 0 saturated carbocycles. The first-order chi connectivity index (χ1) is 7.20. The first-order valence-corrected chi connectivity index (χ1v) is 4.83. The number of nitrogens with two attached hydrogens (primary N) is 1. The Morgan fingerprint density at radius 1 is 1.60 bits per heavy atom. The molecule has 0 saturated heterocycles. The van der Waals surface area contributed by atoms with Crippen LogP contribution in [0.25, 0.3) is 0 Å². The lowest BCUT2D eigenvalue weighted by atomic mass is 10.0. The average Bonchev–Trinajstić information content (AvgIpc) is 2.27. The van der Waals surface area contributed by atoms with Gasteiger partial charge in [0.2, 0.25) is 5.91 Å². The van der Waals surface area contributed by atoms with Crippen molar-refractivity contribution >= 4 is 5.91 Å². The summed E-state index contributed by atoms with van der Waals surface area (Å²) in [6.45, 7) is 0. The fraction of sp³-hybridized carbons (Fsp3) is 0.364. The quantitative estimate of drug-likeness (QED) is 0.789. The molecule has 1 aromatic carbocycles. The lowest BCUT2D eigenvalue weighted by Crippen LogP contribution is -2.24. The second-order valence-corrected chi connectivity index (χ2v) is 3.51. The molecule has 2 N–H and O–H groups in total. The number of carbonyl (C=O) groups is 1. The molecule has 0 bridgehead atoms. The summed E-state index contributed by atoms with van der Waals surface area (Å²) in [4.78, 5) is 11.0. The molecule has 0 aliphatic carbocycles. The topological polar surface area (TPSA) is 61.5 Å². The molecule has 1 aliphatic rings. The molecule has 1 heterocycles. The molecule has 15 heavy (non-hydrogen) atoms. The van der Waals surface area contributed by atoms with Crippen LogP contribution in [0.1, 0.15) is 22.3 Å². The maximum absolute atomic E-state index is 11.0. The lowest BCUT2D eigenvalue weighted by Gasteiger charge is -2.24. The zero-order valence-electron chi connectivity index (χ0n) is 8.53. The van der Waals surface area contributed by atoms with Crippen molar-refractivity contribution in [2.75, 3.05) is 7.11 Å². The Kier molecular flexibility index (Phi) is 2.60. The maximum atomic E-state index is 11.0. The largest absolute Gasteiger partial charge is 0.465 e. The van der Waals surface area contributed by atoms with E-state index in [1.165, 1.54) is 0 Å². The SMILES string of the molecule is COC1CCc2cc(C(N)=O)ccc2O1. The molecule has 0 spiro atoms. The normalized spacial score (nSPS) is 19.1. The zero-order chi connectivity index (χ0) is 10.8. The van der Waals surface area contributed by atoms with Crippen molar-refractivity contribution in [2.45, 2.75) is 19.1 Å². The van der Waals surface area contributed by atoms with Crippen LogP contribution in [0.4, 0.5) is 0 Å². The standard InChI is InChI=1S/C11H13NO3/c1-14-10-5-3-7-6-8(11(12)13)2-4-9(7)15-10/h2,4,6,10H,3,5H2,1H3,(H2,12,13). The van der Waals surface area contributed by atoms with Crippen LogP contribution in [0, 0.1) is 0 Å². The molecule has 1 atom stereocenters. The summed E-state index contributed by atoms with van der Waals surface area (Å²) < 4.78 is 10.7. The van der Waals surface area contributed by atoms with Crippen LogP contribution in [0.5, 0.6) is 5.75 Å². The van der Waals surface area contributed by atoms with E-state index in [4.69, 9.17) is 15.2 Å². The van der Waals surface area contributed by atoms with Gasteiger partial charge in [0.05, 0.1) is 0 Å². The minimum absolute atomic E-state index is 0.183. The van der Waals surface area contributed by atoms with Gasteiger partial charge in [0.15, 0.2) is 6.29 Å². The van der Waals surface area contributed by atoms with Gasteiger partial charge < -0.3 is 15.2 Å². The summed E-state index contributed by atoms with van der Waals surface area (Å²) in [6.07, 6.45) is 1.46. The number of hydrogen-bond acceptors (Lipinski definition) is 3. The number of benzene rings is 1. The fourth-order valence-electron chi connectivity index (χ4n) is 1.68. The third-order valence-corrected chi connectivity index (χ3v) is 2.52. The summed E-state index contributed by atoms with van der Waals surface area (Å²) in [6, 6.07) is 5.21. The Labute approximate surface area is 88.0 Å². The maximum Gasteiger partial charge on any atom is 0.248 e. The van der Waals surface area contributed by atoms with Crippen LogP contribution in [-0.2, 0) is 11.2 Å². The predicted molar refractivity (Wildman–Crippen MR) is 54.7 cm³/mol. The molecule has 4 heteroatoms. The fourth-order valence-corrected chi connectivity index (χ4v) is 1.68. The van der Waals surface area contributed by atoms with Crippen molar-refractivity contribution in [3.8, 4) is 5.75 Å². The van der Waals surface area contributed by atoms with Gasteiger partial charge in [-0.3, -0.25) is 4.79 Å². The van der Waals surface area contributed by atoms with Gasteiger partial charge in [-0.15, -0.1) is 0 Å². The van der Waals surface area contributed by atoms with Gasteiger partial charge in [-0.25, -0.2) is 0 Å². The number of ether oxygens (including phenoxy) is 2. The number of rotatable bonds is 2. The van der Waals surface area contributed by atoms with Gasteiger partial charge in [-0.1, -0.05) is 0 Å². The van der Waals surface area contributed by atoms with E-state index in [1.54, 1.807) is 25.3 Å². The van der Waals surface area contributed by atoms with Crippen molar-refractivity contribution in [1.82, 2.24) is 0 Å². The van der Waals surface area contributed by atoms with Crippen LogP contribution >= 0.6 is 0 Å². The molecular weight excluding hydrogens is 194 g/mol. The molecule has 2 rings (SSSR count). The number of carbonyl (C=O) groups excluding carboxylic acids is 1. The minimum Gasteiger partial charge on any atom is -0.465 e. The highest BCUT2D eigenvalue weighted by Gasteiger charge is 2.19. The lowest BCUT2D eigenvalue weighted by molar-refractivity contribution is -0.0653. The molecule has 1 aliphatic heterocycles. The number of primary amides is 1. The Morgan fingerprint density at radius 3 is 3.07 bits per heavy atom. The average molecular weight is 207 g/mol. The Morgan fingerprint density at radius 2 is 2.40 bits per heavy atom. The van der Waals surface area contributed by atoms with E-state index >= 15 is 0 Å². The van der Waals surface area contributed by atoms with E-state index in [2.05, 4.69) is 0 Å². The van der Waals surface area contributed by atoms with Gasteiger partial charge in [-0.2, -0.15) is 0 Å². The van der Waals surface area contributed by atoms with Gasteiger partial charge in [0.25, 0.3) is 0 Å². The Balaban J connectivity index is 2.28. The highest BCUT2D eigenvalue weighted by Crippen LogP contribution is 2.28. The van der Waals surface area contributed by atoms with Crippen LogP contribution < -0.4 is 10.5 Å². The molecule has 0 fully saturated rings. The van der Waals surface area contributed by atoms with Crippen molar-refractivity contribution in [1.29, 1.82) is 0 Å². The Hall–Kier alpha value is -1.55. The molecule has 4 nitrogen and oxygen atoms in total. The molecule has 0 radical (unpaired) electrons. The van der Waals surface area contributed by atoms with Crippen LogP contribution in [0.3, 0.4) is 0 Å². The van der Waals surface area contributed by atoms with E-state index in [1.807, 2.05) is 0 Å². The monoisotopic (exact) mass is 207 g/mol. The zero-order valence-corrected chi connectivity index (χ0v) is 8.53. The number of aryl methyl sites for hydroxylation is 1. The van der Waals surface area contributed by atoms with Crippen molar-refractivity contribution in [2.24, 2.45) is 5.73 Å². The second-order valence-electron chi connectivity index (χ2n) is 3.51. The second kappa shape index (κ2) is 3.90. The Bertz CT molecular complexity index is 389. The van der Waals surface area contributed by atoms with E-state index in [-0.39, 0.29) is 6.29 Å². The number of amides is 1. The third kappa shape index (κ3) is 1.94. The highest BCUT2D eigenvalue weighted by molar-refractivity contribution is 5.93. The third-order valence-electron chi connectivity index (χ3n) is 2.52. The molecule has 1 aromatic rings. The summed E-state index contributed by atoms with van der Waals surface area (Å²) in [5.41, 5.74) is 6.73. The number of methoxy groups -OCH3 is 1. The van der Waals surface area contributed by atoms with Gasteiger partial charge in [0, 0.05) is 19.1 Å². The van der Waals surface area contributed by atoms with Crippen LogP contribution in [0.15, 0.2) is 18.2 Å². The first-order valence-electron chi connectivity index (χ1n) is 4.83. The van der Waals surface area contributed by atoms with Crippen molar-refractivity contribution in [3.63, 3.8) is 0 Å². The number of hydrogen-bond donors (Lipinski definition) is 1. The molecule has 80 valence electrons. The summed E-state index contributed by atoms with van der Waals surface area (Å²) in [7, 11) is 1.62. The van der Waals surface area contributed by atoms with E-state index < -0.39 is 5.91 Å². The molecule has 1 amide bonds. The predicted octanol–water partition coefficient (Wildman–Crippen LogP) is 1.08. The molecular formula is C11H13NO3. The van der Waals surface area contributed by atoms with Gasteiger partial charge in [-0.05, 0) is 30.2 Å². The highest BCUT2D eigenvalue weighted by atomic mass is 16.7. The minimum atomic E-state index is -0.410. The summed E-state index contributed by atoms with van der Waals surface area (Å²) in [5, 5.41) is 0. The van der Waals surface area contributed by atoms with Gasteiger partial charge in [0.1, 0.15) is 5.75 Å². The summed E-state index contributed by atoms with van der Waals surface area (Å²) >= 11 is 0.